The highest BCUT2D eigenvalue weighted by molar-refractivity contribution is 9.09. The summed E-state index contributed by atoms with van der Waals surface area (Å²) in [7, 11) is 0. The Bertz CT molecular complexity index is 199. The first kappa shape index (κ1) is 15.9. The van der Waals surface area contributed by atoms with Gasteiger partial charge in [-0.3, -0.25) is 0 Å². The lowest BCUT2D eigenvalue weighted by atomic mass is 10.0. The number of nitriles is 1. The molecule has 0 heterocycles. The summed E-state index contributed by atoms with van der Waals surface area (Å²) in [5, 5.41) is 9.73. The summed E-state index contributed by atoms with van der Waals surface area (Å²) in [6.07, 6.45) is 3.16. The van der Waals surface area contributed by atoms with Gasteiger partial charge in [0.2, 0.25) is 0 Å². The molecule has 0 fully saturated rings. The Labute approximate surface area is 109 Å². The molecule has 16 heavy (non-hydrogen) atoms. The maximum Gasteiger partial charge on any atom is 0.0635 e. The Morgan fingerprint density at radius 3 is 2.44 bits per heavy atom. The second kappa shape index (κ2) is 10.1. The zero-order chi connectivity index (χ0) is 12.4. The van der Waals surface area contributed by atoms with Crippen LogP contribution in [-0.4, -0.2) is 29.9 Å². The number of nitrogens with zero attached hydrogens (tertiary/aromatic N) is 2. The molecule has 0 radical (unpaired) electrons. The van der Waals surface area contributed by atoms with E-state index in [2.05, 4.69) is 47.7 Å². The van der Waals surface area contributed by atoms with Gasteiger partial charge in [-0.25, -0.2) is 0 Å². The molecule has 0 amide bonds. The van der Waals surface area contributed by atoms with Gasteiger partial charge in [0.1, 0.15) is 0 Å². The smallest absolute Gasteiger partial charge is 0.0635 e. The van der Waals surface area contributed by atoms with E-state index in [0.29, 0.717) is 12.3 Å². The van der Waals surface area contributed by atoms with Gasteiger partial charge in [0.25, 0.3) is 0 Å². The second-order valence-electron chi connectivity index (χ2n) is 4.87. The molecule has 3 heteroatoms. The van der Waals surface area contributed by atoms with Gasteiger partial charge in [0.05, 0.1) is 6.07 Å². The van der Waals surface area contributed by atoms with E-state index in [-0.39, 0.29) is 0 Å². The fourth-order valence-corrected chi connectivity index (χ4v) is 2.50. The molecule has 0 aliphatic carbocycles. The average molecular weight is 289 g/mol. The van der Waals surface area contributed by atoms with Gasteiger partial charge < -0.3 is 4.90 Å². The summed E-state index contributed by atoms with van der Waals surface area (Å²) in [5.41, 5.74) is 0. The first-order valence-electron chi connectivity index (χ1n) is 6.29. The van der Waals surface area contributed by atoms with Crippen molar-refractivity contribution in [1.29, 1.82) is 5.26 Å². The van der Waals surface area contributed by atoms with Crippen LogP contribution in [0.1, 0.15) is 40.0 Å². The van der Waals surface area contributed by atoms with Gasteiger partial charge in [-0.1, -0.05) is 43.1 Å². The molecule has 1 unspecified atom stereocenters. The molecule has 2 nitrogen and oxygen atoms in total. The lowest BCUT2D eigenvalue weighted by molar-refractivity contribution is 0.215. The summed E-state index contributed by atoms with van der Waals surface area (Å²) in [6.45, 7) is 9.86. The first-order chi connectivity index (χ1) is 7.63. The van der Waals surface area contributed by atoms with E-state index in [4.69, 9.17) is 5.26 Å². The van der Waals surface area contributed by atoms with Crippen LogP contribution < -0.4 is 0 Å². The molecule has 0 aliphatic rings. The minimum atomic E-state index is 0.647. The number of halogens is 1. The maximum absolute atomic E-state index is 8.66. The third kappa shape index (κ3) is 8.13. The molecule has 0 bridgehead atoms. The average Bonchev–Trinajstić information content (AvgIpc) is 2.24. The zero-order valence-corrected chi connectivity index (χ0v) is 12.5. The van der Waals surface area contributed by atoms with Crippen LogP contribution in [0.25, 0.3) is 0 Å². The van der Waals surface area contributed by atoms with Crippen LogP contribution in [0.4, 0.5) is 0 Å². The van der Waals surface area contributed by atoms with Crippen molar-refractivity contribution in [2.45, 2.75) is 40.0 Å². The minimum absolute atomic E-state index is 0.647. The Morgan fingerprint density at radius 2 is 2.00 bits per heavy atom. The Balaban J connectivity index is 4.10. The quantitative estimate of drug-likeness (QED) is 0.606. The SMILES string of the molecule is CCCC(CBr)CN(CCC#N)CC(C)C. The van der Waals surface area contributed by atoms with E-state index in [9.17, 15) is 0 Å². The van der Waals surface area contributed by atoms with Gasteiger partial charge in [-0.15, -0.1) is 0 Å². The molecule has 0 saturated heterocycles. The molecule has 0 aromatic carbocycles. The van der Waals surface area contributed by atoms with Crippen molar-refractivity contribution in [1.82, 2.24) is 4.90 Å². The highest BCUT2D eigenvalue weighted by Gasteiger charge is 2.13. The number of rotatable bonds is 9. The standard InChI is InChI=1S/C13H25BrN2/c1-4-6-13(9-14)11-16(8-5-7-15)10-12(2)3/h12-13H,4-6,8-11H2,1-3H3. The summed E-state index contributed by atoms with van der Waals surface area (Å²) in [5.74, 6) is 1.40. The molecule has 0 rings (SSSR count). The third-order valence-electron chi connectivity index (χ3n) is 2.59. The van der Waals surface area contributed by atoms with Crippen molar-refractivity contribution in [3.63, 3.8) is 0 Å². The van der Waals surface area contributed by atoms with E-state index in [1.807, 2.05) is 0 Å². The Kier molecular flexibility index (Phi) is 10.1. The Hall–Kier alpha value is -0.0700. The van der Waals surface area contributed by atoms with Crippen LogP contribution in [-0.2, 0) is 0 Å². The number of alkyl halides is 1. The van der Waals surface area contributed by atoms with Crippen LogP contribution in [0.15, 0.2) is 0 Å². The van der Waals surface area contributed by atoms with Crippen LogP contribution in [0.5, 0.6) is 0 Å². The molecule has 0 spiro atoms. The van der Waals surface area contributed by atoms with Crippen LogP contribution in [0, 0.1) is 23.2 Å². The van der Waals surface area contributed by atoms with Gasteiger partial charge in [-0.2, -0.15) is 5.26 Å². The molecule has 0 saturated carbocycles. The molecule has 0 aromatic heterocycles. The lowest BCUT2D eigenvalue weighted by Crippen LogP contribution is -2.34. The number of hydrogen-bond acceptors (Lipinski definition) is 2. The molecular weight excluding hydrogens is 264 g/mol. The second-order valence-corrected chi connectivity index (χ2v) is 5.52. The van der Waals surface area contributed by atoms with E-state index < -0.39 is 0 Å². The molecule has 0 aliphatic heterocycles. The first-order valence-corrected chi connectivity index (χ1v) is 7.41. The maximum atomic E-state index is 8.66. The molecule has 94 valence electrons. The van der Waals surface area contributed by atoms with E-state index in [1.165, 1.54) is 12.8 Å². The summed E-state index contributed by atoms with van der Waals surface area (Å²) >= 11 is 3.59. The van der Waals surface area contributed by atoms with Crippen molar-refractivity contribution in [2.75, 3.05) is 25.0 Å². The van der Waals surface area contributed by atoms with Crippen molar-refractivity contribution < 1.29 is 0 Å². The molecular formula is C13H25BrN2. The monoisotopic (exact) mass is 288 g/mol. The Morgan fingerprint density at radius 1 is 1.31 bits per heavy atom. The van der Waals surface area contributed by atoms with Crippen molar-refractivity contribution in [2.24, 2.45) is 11.8 Å². The summed E-state index contributed by atoms with van der Waals surface area (Å²) < 4.78 is 0. The lowest BCUT2D eigenvalue weighted by Gasteiger charge is -2.27. The van der Waals surface area contributed by atoms with E-state index in [0.717, 1.165) is 30.9 Å². The minimum Gasteiger partial charge on any atom is -0.302 e. The fraction of sp³-hybridized carbons (Fsp3) is 0.923. The van der Waals surface area contributed by atoms with Gasteiger partial charge in [0, 0.05) is 31.4 Å². The zero-order valence-electron chi connectivity index (χ0n) is 10.9. The topological polar surface area (TPSA) is 27.0 Å². The summed E-state index contributed by atoms with van der Waals surface area (Å²) in [4.78, 5) is 2.44. The van der Waals surface area contributed by atoms with Crippen LogP contribution in [0.2, 0.25) is 0 Å². The fourth-order valence-electron chi connectivity index (χ4n) is 1.97. The highest BCUT2D eigenvalue weighted by Crippen LogP contribution is 2.13. The van der Waals surface area contributed by atoms with Gasteiger partial charge >= 0.3 is 0 Å². The van der Waals surface area contributed by atoms with Crippen LogP contribution >= 0.6 is 15.9 Å². The normalized spacial score (nSPS) is 13.1. The van der Waals surface area contributed by atoms with E-state index >= 15 is 0 Å². The predicted molar refractivity (Wildman–Crippen MR) is 73.7 cm³/mol. The largest absolute Gasteiger partial charge is 0.302 e. The summed E-state index contributed by atoms with van der Waals surface area (Å²) in [6, 6.07) is 2.24. The van der Waals surface area contributed by atoms with Crippen molar-refractivity contribution in [3.8, 4) is 6.07 Å². The molecule has 0 aromatic rings. The molecule has 1 atom stereocenters. The predicted octanol–water partition coefficient (Wildman–Crippen LogP) is 3.67. The van der Waals surface area contributed by atoms with Crippen molar-refractivity contribution in [3.05, 3.63) is 0 Å². The molecule has 0 N–H and O–H groups in total. The van der Waals surface area contributed by atoms with Gasteiger partial charge in [-0.05, 0) is 18.3 Å². The third-order valence-corrected chi connectivity index (χ3v) is 3.51. The highest BCUT2D eigenvalue weighted by atomic mass is 79.9. The van der Waals surface area contributed by atoms with Gasteiger partial charge in [0.15, 0.2) is 0 Å². The van der Waals surface area contributed by atoms with E-state index in [1.54, 1.807) is 0 Å². The van der Waals surface area contributed by atoms with Crippen molar-refractivity contribution >= 4 is 15.9 Å². The number of hydrogen-bond donors (Lipinski definition) is 0. The van der Waals surface area contributed by atoms with Crippen LogP contribution in [0.3, 0.4) is 0 Å².